The third kappa shape index (κ3) is 5.45. The summed E-state index contributed by atoms with van der Waals surface area (Å²) in [6, 6.07) is 21.6. The molecule has 0 unspecified atom stereocenters. The van der Waals surface area contributed by atoms with Crippen molar-refractivity contribution < 1.29 is 14.3 Å². The fraction of sp³-hybridized carbons (Fsp3) is 0.308. The maximum atomic E-state index is 12.5. The summed E-state index contributed by atoms with van der Waals surface area (Å²) in [5.74, 6) is 2.09. The quantitative estimate of drug-likeness (QED) is 0.503. The van der Waals surface area contributed by atoms with Crippen LogP contribution >= 0.6 is 0 Å². The summed E-state index contributed by atoms with van der Waals surface area (Å²) >= 11 is 0. The summed E-state index contributed by atoms with van der Waals surface area (Å²) < 4.78 is 11.5. The smallest absolute Gasteiger partial charge is 0.342 e. The van der Waals surface area contributed by atoms with Gasteiger partial charge >= 0.3 is 5.97 Å². The number of esters is 1. The first-order chi connectivity index (χ1) is 15.6. The summed E-state index contributed by atoms with van der Waals surface area (Å²) in [6.07, 6.45) is 1.57. The van der Waals surface area contributed by atoms with Crippen LogP contribution in [0.2, 0.25) is 0 Å². The number of piperazine rings is 1. The Bertz CT molecular complexity index is 1030. The van der Waals surface area contributed by atoms with Crippen LogP contribution in [-0.2, 0) is 11.3 Å². The van der Waals surface area contributed by atoms with Gasteiger partial charge in [0.05, 0.1) is 6.10 Å². The van der Waals surface area contributed by atoms with Crippen LogP contribution in [0.1, 0.15) is 29.8 Å². The summed E-state index contributed by atoms with van der Waals surface area (Å²) in [7, 11) is 0. The minimum Gasteiger partial charge on any atom is -0.459 e. The molecule has 0 atom stereocenters. The Morgan fingerprint density at radius 1 is 0.938 bits per heavy atom. The molecule has 6 heteroatoms. The minimum atomic E-state index is -0.322. The lowest BCUT2D eigenvalue weighted by Gasteiger charge is -2.36. The number of anilines is 1. The highest BCUT2D eigenvalue weighted by atomic mass is 16.5. The molecule has 166 valence electrons. The van der Waals surface area contributed by atoms with E-state index < -0.39 is 0 Å². The van der Waals surface area contributed by atoms with Crippen molar-refractivity contribution in [2.45, 2.75) is 26.5 Å². The normalized spacial score (nSPS) is 14.4. The number of carbonyl (C=O) groups is 1. The average molecular weight is 432 g/mol. The van der Waals surface area contributed by atoms with Crippen molar-refractivity contribution in [3.63, 3.8) is 0 Å². The number of hydrogen-bond acceptors (Lipinski definition) is 6. The molecule has 0 bridgehead atoms. The Kier molecular flexibility index (Phi) is 7.02. The fourth-order valence-corrected chi connectivity index (χ4v) is 3.79. The van der Waals surface area contributed by atoms with Gasteiger partial charge in [0.25, 0.3) is 0 Å². The van der Waals surface area contributed by atoms with Crippen molar-refractivity contribution in [2.24, 2.45) is 0 Å². The third-order valence-electron chi connectivity index (χ3n) is 5.36. The number of ether oxygens (including phenoxy) is 2. The van der Waals surface area contributed by atoms with Crippen molar-refractivity contribution in [3.8, 4) is 11.5 Å². The second kappa shape index (κ2) is 10.3. The number of hydrogen-bond donors (Lipinski definition) is 0. The first-order valence-electron chi connectivity index (χ1n) is 11.0. The van der Waals surface area contributed by atoms with E-state index in [9.17, 15) is 4.79 Å². The second-order valence-electron chi connectivity index (χ2n) is 8.11. The third-order valence-corrected chi connectivity index (χ3v) is 5.36. The zero-order chi connectivity index (χ0) is 22.3. The standard InChI is InChI=1S/C26H29N3O3/c1-20(2)31-26(30)23-12-8-14-27-25(23)29-17-15-28(16-18-29)19-21-9-6-7-13-24(21)32-22-10-4-3-5-11-22/h3-14,20H,15-19H2,1-2H3. The molecule has 1 aromatic heterocycles. The van der Waals surface area contributed by atoms with Gasteiger partial charge in [-0.15, -0.1) is 0 Å². The van der Waals surface area contributed by atoms with Gasteiger partial charge in [-0.1, -0.05) is 36.4 Å². The van der Waals surface area contributed by atoms with Gasteiger partial charge < -0.3 is 14.4 Å². The topological polar surface area (TPSA) is 54.9 Å². The summed E-state index contributed by atoms with van der Waals surface area (Å²) in [6.45, 7) is 7.84. The van der Waals surface area contributed by atoms with Gasteiger partial charge in [0.15, 0.2) is 0 Å². The molecule has 0 spiro atoms. The lowest BCUT2D eigenvalue weighted by molar-refractivity contribution is 0.0378. The molecular formula is C26H29N3O3. The zero-order valence-electron chi connectivity index (χ0n) is 18.6. The molecule has 1 saturated heterocycles. The summed E-state index contributed by atoms with van der Waals surface area (Å²) in [5, 5.41) is 0. The van der Waals surface area contributed by atoms with E-state index in [1.165, 1.54) is 0 Å². The lowest BCUT2D eigenvalue weighted by Crippen LogP contribution is -2.46. The molecule has 0 radical (unpaired) electrons. The van der Waals surface area contributed by atoms with Crippen LogP contribution in [0.25, 0.3) is 0 Å². The average Bonchev–Trinajstić information content (AvgIpc) is 2.81. The number of aromatic nitrogens is 1. The van der Waals surface area contributed by atoms with E-state index in [1.807, 2.05) is 62.4 Å². The Labute approximate surface area is 189 Å². The molecule has 2 aromatic carbocycles. The van der Waals surface area contributed by atoms with Crippen molar-refractivity contribution in [2.75, 3.05) is 31.1 Å². The predicted molar refractivity (Wildman–Crippen MR) is 125 cm³/mol. The van der Waals surface area contributed by atoms with E-state index in [0.29, 0.717) is 11.4 Å². The van der Waals surface area contributed by atoms with Crippen LogP contribution in [0, 0.1) is 0 Å². The molecule has 0 N–H and O–H groups in total. The van der Waals surface area contributed by atoms with Crippen LogP contribution in [-0.4, -0.2) is 48.1 Å². The minimum absolute atomic E-state index is 0.162. The SMILES string of the molecule is CC(C)OC(=O)c1cccnc1N1CCN(Cc2ccccc2Oc2ccccc2)CC1. The van der Waals surface area contributed by atoms with Crippen LogP contribution in [0.3, 0.4) is 0 Å². The zero-order valence-corrected chi connectivity index (χ0v) is 18.6. The van der Waals surface area contributed by atoms with E-state index >= 15 is 0 Å². The monoisotopic (exact) mass is 431 g/mol. The molecule has 1 aliphatic heterocycles. The van der Waals surface area contributed by atoms with Gasteiger partial charge in [-0.2, -0.15) is 0 Å². The van der Waals surface area contributed by atoms with Crippen LogP contribution < -0.4 is 9.64 Å². The Hall–Kier alpha value is -3.38. The number of para-hydroxylation sites is 2. The Morgan fingerprint density at radius 3 is 2.41 bits per heavy atom. The molecule has 1 aliphatic rings. The molecule has 0 aliphatic carbocycles. The van der Waals surface area contributed by atoms with Gasteiger partial charge in [0.2, 0.25) is 0 Å². The van der Waals surface area contributed by atoms with Gasteiger partial charge in [-0.25, -0.2) is 9.78 Å². The Balaban J connectivity index is 1.40. The molecule has 1 fully saturated rings. The molecule has 32 heavy (non-hydrogen) atoms. The van der Waals surface area contributed by atoms with Gasteiger partial charge in [-0.05, 0) is 44.2 Å². The highest BCUT2D eigenvalue weighted by Crippen LogP contribution is 2.27. The largest absolute Gasteiger partial charge is 0.459 e. The van der Waals surface area contributed by atoms with E-state index in [0.717, 1.165) is 49.8 Å². The maximum absolute atomic E-state index is 12.5. The molecule has 0 amide bonds. The van der Waals surface area contributed by atoms with E-state index in [-0.39, 0.29) is 12.1 Å². The number of carbonyl (C=O) groups excluding carboxylic acids is 1. The summed E-state index contributed by atoms with van der Waals surface area (Å²) in [5.41, 5.74) is 1.68. The maximum Gasteiger partial charge on any atom is 0.342 e. The molecule has 0 saturated carbocycles. The number of pyridine rings is 1. The van der Waals surface area contributed by atoms with Gasteiger partial charge in [0, 0.05) is 44.5 Å². The molecule has 3 aromatic rings. The number of nitrogens with zero attached hydrogens (tertiary/aromatic N) is 3. The molecule has 2 heterocycles. The summed E-state index contributed by atoms with van der Waals surface area (Å²) in [4.78, 5) is 21.6. The molecule has 6 nitrogen and oxygen atoms in total. The van der Waals surface area contributed by atoms with Gasteiger partial charge in [-0.3, -0.25) is 4.90 Å². The Morgan fingerprint density at radius 2 is 1.66 bits per heavy atom. The van der Waals surface area contributed by atoms with E-state index in [1.54, 1.807) is 18.3 Å². The van der Waals surface area contributed by atoms with Crippen LogP contribution in [0.4, 0.5) is 5.82 Å². The second-order valence-corrected chi connectivity index (χ2v) is 8.11. The van der Waals surface area contributed by atoms with Crippen LogP contribution in [0.15, 0.2) is 72.9 Å². The lowest BCUT2D eigenvalue weighted by atomic mass is 10.1. The van der Waals surface area contributed by atoms with Crippen molar-refractivity contribution >= 4 is 11.8 Å². The first kappa shape index (κ1) is 21.8. The first-order valence-corrected chi connectivity index (χ1v) is 11.0. The number of rotatable bonds is 7. The van der Waals surface area contributed by atoms with Crippen molar-refractivity contribution in [3.05, 3.63) is 84.1 Å². The highest BCUT2D eigenvalue weighted by Gasteiger charge is 2.24. The van der Waals surface area contributed by atoms with Crippen LogP contribution in [0.5, 0.6) is 11.5 Å². The molecule has 4 rings (SSSR count). The van der Waals surface area contributed by atoms with Gasteiger partial charge in [0.1, 0.15) is 22.9 Å². The van der Waals surface area contributed by atoms with Crippen molar-refractivity contribution in [1.29, 1.82) is 0 Å². The van der Waals surface area contributed by atoms with E-state index in [4.69, 9.17) is 9.47 Å². The number of benzene rings is 2. The predicted octanol–water partition coefficient (Wildman–Crippen LogP) is 4.76. The van der Waals surface area contributed by atoms with Crippen molar-refractivity contribution in [1.82, 2.24) is 9.88 Å². The highest BCUT2D eigenvalue weighted by molar-refractivity contribution is 5.94. The van der Waals surface area contributed by atoms with E-state index in [2.05, 4.69) is 20.9 Å². The molecular weight excluding hydrogens is 402 g/mol. The fourth-order valence-electron chi connectivity index (χ4n) is 3.79.